The lowest BCUT2D eigenvalue weighted by Crippen LogP contribution is -2.10. The Labute approximate surface area is 207 Å². The Bertz CT molecular complexity index is 1280. The molecule has 11 heteroatoms. The summed E-state index contributed by atoms with van der Waals surface area (Å²) >= 11 is 3.56. The smallest absolute Gasteiger partial charge is 0.442 e. The molecule has 1 amide bonds. The van der Waals surface area contributed by atoms with Crippen LogP contribution in [-0.4, -0.2) is 52.9 Å². The maximum atomic E-state index is 13.3. The number of rotatable bonds is 10. The number of carbonyl (C=O) groups excluding carboxylic acids is 1. The Morgan fingerprint density at radius 2 is 2.03 bits per heavy atom. The van der Waals surface area contributed by atoms with Gasteiger partial charge in [0.2, 0.25) is 0 Å². The quantitative estimate of drug-likeness (QED) is 0.349. The van der Waals surface area contributed by atoms with E-state index in [4.69, 9.17) is 14.2 Å². The number of fused-ring (bicyclic) bond motifs is 1. The Morgan fingerprint density at radius 1 is 1.21 bits per heavy atom. The van der Waals surface area contributed by atoms with Crippen LogP contribution in [0.25, 0.3) is 10.9 Å². The number of ether oxygens (including phenoxy) is 3. The van der Waals surface area contributed by atoms with Gasteiger partial charge in [-0.1, -0.05) is 19.1 Å². The molecule has 1 unspecified atom stereocenters. The normalized spacial score (nSPS) is 12.7. The van der Waals surface area contributed by atoms with Gasteiger partial charge in [-0.15, -0.1) is 4.36 Å². The molecule has 0 spiro atoms. The minimum absolute atomic E-state index is 0.172. The van der Waals surface area contributed by atoms with Crippen molar-refractivity contribution in [2.45, 2.75) is 25.3 Å². The number of benzene rings is 2. The van der Waals surface area contributed by atoms with Crippen molar-refractivity contribution in [2.75, 3.05) is 37.9 Å². The molecule has 1 heterocycles. The molecule has 1 atom stereocenters. The molecule has 1 N–H and O–H groups in total. The molecule has 0 aliphatic carbocycles. The van der Waals surface area contributed by atoms with E-state index < -0.39 is 15.8 Å². The lowest BCUT2D eigenvalue weighted by Gasteiger charge is -2.13. The van der Waals surface area contributed by atoms with Gasteiger partial charge in [-0.3, -0.25) is 0 Å². The molecule has 34 heavy (non-hydrogen) atoms. The van der Waals surface area contributed by atoms with Gasteiger partial charge < -0.3 is 19.5 Å². The highest BCUT2D eigenvalue weighted by Gasteiger charge is 2.15. The summed E-state index contributed by atoms with van der Waals surface area (Å²) in [5, 5.41) is 4.08. The van der Waals surface area contributed by atoms with Crippen molar-refractivity contribution < 1.29 is 23.2 Å². The molecule has 2 aromatic carbocycles. The Kier molecular flexibility index (Phi) is 9.20. The standard InChI is InChI=1S/C23H27BrN4O5S/c1-4-32-23(29)28-34(30,5-2)17-8-6-7-16(11-17)14-33-21-13-20-18(12-19(21)24)22(27-15-26-20)25-9-10-31-3/h6-8,11-13,15H,4-5,9-10,14H2,1-3H3,(H,25,26,27). The third-order valence-corrected chi connectivity index (χ3v) is 7.67. The zero-order valence-electron chi connectivity index (χ0n) is 19.2. The van der Waals surface area contributed by atoms with Gasteiger partial charge in [0.25, 0.3) is 0 Å². The molecule has 0 fully saturated rings. The van der Waals surface area contributed by atoms with Gasteiger partial charge >= 0.3 is 6.09 Å². The lowest BCUT2D eigenvalue weighted by atomic mass is 10.2. The van der Waals surface area contributed by atoms with Crippen LogP contribution in [0.3, 0.4) is 0 Å². The van der Waals surface area contributed by atoms with E-state index in [9.17, 15) is 9.00 Å². The molecule has 182 valence electrons. The van der Waals surface area contributed by atoms with Crippen LogP contribution in [0.2, 0.25) is 0 Å². The minimum Gasteiger partial charge on any atom is -0.488 e. The first-order valence-corrected chi connectivity index (χ1v) is 13.2. The molecule has 0 bridgehead atoms. The van der Waals surface area contributed by atoms with E-state index in [2.05, 4.69) is 35.6 Å². The number of methoxy groups -OCH3 is 1. The number of aromatic nitrogens is 2. The first-order chi connectivity index (χ1) is 16.4. The molecular weight excluding hydrogens is 524 g/mol. The number of hydrogen-bond acceptors (Lipinski definition) is 8. The van der Waals surface area contributed by atoms with Crippen LogP contribution in [0.1, 0.15) is 19.4 Å². The number of nitrogens with zero attached hydrogens (tertiary/aromatic N) is 3. The minimum atomic E-state index is -2.93. The maximum Gasteiger partial charge on any atom is 0.442 e. The first-order valence-electron chi connectivity index (χ1n) is 10.7. The Balaban J connectivity index is 1.82. The molecule has 3 aromatic rings. The summed E-state index contributed by atoms with van der Waals surface area (Å²) in [5.41, 5.74) is 1.51. The predicted octanol–water partition coefficient (Wildman–Crippen LogP) is 5.03. The van der Waals surface area contributed by atoms with Gasteiger partial charge in [-0.05, 0) is 46.6 Å². The number of anilines is 1. The van der Waals surface area contributed by atoms with Crippen LogP contribution >= 0.6 is 15.9 Å². The van der Waals surface area contributed by atoms with E-state index in [1.54, 1.807) is 39.2 Å². The average Bonchev–Trinajstić information content (AvgIpc) is 2.83. The number of halogens is 1. The fraction of sp³-hybridized carbons (Fsp3) is 0.348. The maximum absolute atomic E-state index is 13.3. The summed E-state index contributed by atoms with van der Waals surface area (Å²) in [5.74, 6) is 1.50. The van der Waals surface area contributed by atoms with Crippen molar-refractivity contribution in [3.05, 3.63) is 52.8 Å². The van der Waals surface area contributed by atoms with Gasteiger partial charge in [0.05, 0.1) is 32.9 Å². The van der Waals surface area contributed by atoms with Crippen LogP contribution in [0.5, 0.6) is 5.75 Å². The number of carbonyl (C=O) groups is 1. The van der Waals surface area contributed by atoms with Crippen molar-refractivity contribution in [3.63, 3.8) is 0 Å². The molecule has 0 aliphatic rings. The Hall–Kier alpha value is -2.76. The zero-order valence-corrected chi connectivity index (χ0v) is 21.6. The van der Waals surface area contributed by atoms with Crippen molar-refractivity contribution in [3.8, 4) is 5.75 Å². The molecule has 0 aliphatic heterocycles. The van der Waals surface area contributed by atoms with Crippen LogP contribution in [-0.2, 0) is 25.8 Å². The van der Waals surface area contributed by atoms with Crippen molar-refractivity contribution in [1.29, 1.82) is 0 Å². The Morgan fingerprint density at radius 3 is 2.76 bits per heavy atom. The summed E-state index contributed by atoms with van der Waals surface area (Å²) in [4.78, 5) is 20.9. The van der Waals surface area contributed by atoms with Crippen molar-refractivity contribution >= 4 is 48.5 Å². The van der Waals surface area contributed by atoms with Gasteiger partial charge in [-0.2, -0.15) is 0 Å². The number of hydrogen-bond donors (Lipinski definition) is 1. The molecule has 3 rings (SSSR count). The summed E-state index contributed by atoms with van der Waals surface area (Å²) in [6, 6.07) is 10.8. The fourth-order valence-electron chi connectivity index (χ4n) is 3.13. The van der Waals surface area contributed by atoms with E-state index in [-0.39, 0.29) is 19.0 Å². The number of amides is 1. The third kappa shape index (κ3) is 6.43. The van der Waals surface area contributed by atoms with E-state index >= 15 is 0 Å². The van der Waals surface area contributed by atoms with Gasteiger partial charge in [-0.25, -0.2) is 19.0 Å². The second kappa shape index (κ2) is 12.1. The van der Waals surface area contributed by atoms with E-state index in [1.807, 2.05) is 18.2 Å². The van der Waals surface area contributed by atoms with E-state index in [0.717, 1.165) is 20.9 Å². The topological polar surface area (TPSA) is 112 Å². The molecular formula is C23H27BrN4O5S. The van der Waals surface area contributed by atoms with Gasteiger partial charge in [0.1, 0.15) is 24.5 Å². The highest BCUT2D eigenvalue weighted by atomic mass is 79.9. The molecule has 0 radical (unpaired) electrons. The molecule has 9 nitrogen and oxygen atoms in total. The van der Waals surface area contributed by atoms with Crippen LogP contribution in [0, 0.1) is 0 Å². The second-order valence-corrected chi connectivity index (χ2v) is 10.5. The highest BCUT2D eigenvalue weighted by Crippen LogP contribution is 2.32. The van der Waals surface area contributed by atoms with Crippen molar-refractivity contribution in [1.82, 2.24) is 9.97 Å². The fourth-order valence-corrected chi connectivity index (χ4v) is 5.08. The van der Waals surface area contributed by atoms with E-state index in [0.29, 0.717) is 29.6 Å². The monoisotopic (exact) mass is 550 g/mol. The van der Waals surface area contributed by atoms with Crippen LogP contribution < -0.4 is 10.1 Å². The van der Waals surface area contributed by atoms with Crippen LogP contribution in [0.4, 0.5) is 10.6 Å². The first kappa shape index (κ1) is 25.9. The summed E-state index contributed by atoms with van der Waals surface area (Å²) in [7, 11) is -1.29. The average molecular weight is 551 g/mol. The summed E-state index contributed by atoms with van der Waals surface area (Å²) < 4.78 is 33.8. The van der Waals surface area contributed by atoms with Crippen LogP contribution in [0.15, 0.2) is 56.5 Å². The zero-order chi connectivity index (χ0) is 24.6. The molecule has 1 aromatic heterocycles. The molecule has 0 saturated heterocycles. The van der Waals surface area contributed by atoms with E-state index in [1.165, 1.54) is 6.33 Å². The lowest BCUT2D eigenvalue weighted by molar-refractivity contribution is 0.164. The highest BCUT2D eigenvalue weighted by molar-refractivity contribution is 9.10. The SMILES string of the molecule is CCOC(=O)N=S(=O)(CC)c1cccc(COc2cc3ncnc(NCCOC)c3cc2Br)c1. The van der Waals surface area contributed by atoms with Gasteiger partial charge in [0, 0.05) is 35.8 Å². The summed E-state index contributed by atoms with van der Waals surface area (Å²) in [6.45, 7) is 4.98. The number of nitrogens with one attached hydrogen (secondary N) is 1. The molecule has 0 saturated carbocycles. The second-order valence-electron chi connectivity index (χ2n) is 7.10. The van der Waals surface area contributed by atoms with Gasteiger partial charge in [0.15, 0.2) is 0 Å². The summed E-state index contributed by atoms with van der Waals surface area (Å²) in [6.07, 6.45) is 0.668. The third-order valence-electron chi connectivity index (χ3n) is 4.83. The van der Waals surface area contributed by atoms with Crippen molar-refractivity contribution in [2.24, 2.45) is 4.36 Å². The predicted molar refractivity (Wildman–Crippen MR) is 135 cm³/mol. The largest absolute Gasteiger partial charge is 0.488 e.